The molecule has 0 aromatic heterocycles. The minimum atomic E-state index is 0. The Balaban J connectivity index is 0.00000121. The lowest BCUT2D eigenvalue weighted by molar-refractivity contribution is 0.880. The minimum Gasteiger partial charge on any atom is -0.0888 e. The van der Waals surface area contributed by atoms with Gasteiger partial charge in [-0.25, -0.2) is 0 Å². The highest BCUT2D eigenvalue weighted by atomic mass is 35.5. The SMILES string of the molecule is C.CCCC1=C(Cl)CCC=C1Cl. The summed E-state index contributed by atoms with van der Waals surface area (Å²) in [4.78, 5) is 0. The minimum absolute atomic E-state index is 0. The molecule has 1 aliphatic carbocycles. The summed E-state index contributed by atoms with van der Waals surface area (Å²) in [5.41, 5.74) is 1.15. The van der Waals surface area contributed by atoms with E-state index in [9.17, 15) is 0 Å². The molecule has 0 bridgehead atoms. The summed E-state index contributed by atoms with van der Waals surface area (Å²) in [5, 5.41) is 1.82. The van der Waals surface area contributed by atoms with E-state index in [0.717, 1.165) is 41.3 Å². The van der Waals surface area contributed by atoms with Crippen LogP contribution in [0, 0.1) is 0 Å². The van der Waals surface area contributed by atoms with Gasteiger partial charge in [-0.1, -0.05) is 50.0 Å². The van der Waals surface area contributed by atoms with Crippen molar-refractivity contribution in [3.05, 3.63) is 21.7 Å². The number of hydrogen-bond acceptors (Lipinski definition) is 0. The van der Waals surface area contributed by atoms with Gasteiger partial charge in [0, 0.05) is 10.1 Å². The third-order valence-corrected chi connectivity index (χ3v) is 2.60. The van der Waals surface area contributed by atoms with Crippen LogP contribution in [0.25, 0.3) is 0 Å². The van der Waals surface area contributed by atoms with Gasteiger partial charge in [0.05, 0.1) is 0 Å². The van der Waals surface area contributed by atoms with E-state index in [1.807, 2.05) is 0 Å². The third kappa shape index (κ3) is 2.84. The van der Waals surface area contributed by atoms with Crippen molar-refractivity contribution in [1.29, 1.82) is 0 Å². The van der Waals surface area contributed by atoms with Gasteiger partial charge in [-0.05, 0) is 24.8 Å². The van der Waals surface area contributed by atoms with Crippen molar-refractivity contribution in [3.8, 4) is 0 Å². The highest BCUT2D eigenvalue weighted by Gasteiger charge is 2.11. The van der Waals surface area contributed by atoms with E-state index < -0.39 is 0 Å². The largest absolute Gasteiger partial charge is 0.0888 e. The standard InChI is InChI=1S/C9H12Cl2.CH4/c1-2-4-7-8(10)5-3-6-9(7)11;/h5H,2-4,6H2,1H3;1H4. The van der Waals surface area contributed by atoms with Crippen LogP contribution in [0.15, 0.2) is 21.7 Å². The molecule has 0 N–H and O–H groups in total. The fourth-order valence-electron chi connectivity index (χ4n) is 1.23. The van der Waals surface area contributed by atoms with Crippen LogP contribution in [0.5, 0.6) is 0 Å². The lowest BCUT2D eigenvalue weighted by atomic mass is 10.0. The van der Waals surface area contributed by atoms with Crippen LogP contribution in [-0.4, -0.2) is 0 Å². The molecule has 1 rings (SSSR count). The maximum atomic E-state index is 6.01. The summed E-state index contributed by atoms with van der Waals surface area (Å²) in [6, 6.07) is 0. The monoisotopic (exact) mass is 206 g/mol. The lowest BCUT2D eigenvalue weighted by Gasteiger charge is -2.13. The third-order valence-electron chi connectivity index (χ3n) is 1.80. The zero-order chi connectivity index (χ0) is 8.27. The molecule has 0 aromatic rings. The fourth-order valence-corrected chi connectivity index (χ4v) is 1.91. The molecule has 70 valence electrons. The quantitative estimate of drug-likeness (QED) is 0.608. The van der Waals surface area contributed by atoms with Gasteiger partial charge >= 0.3 is 0 Å². The molecule has 1 aliphatic rings. The summed E-state index contributed by atoms with van der Waals surface area (Å²) < 4.78 is 0. The smallest absolute Gasteiger partial charge is 0.0409 e. The summed E-state index contributed by atoms with van der Waals surface area (Å²) in [5.74, 6) is 0. The van der Waals surface area contributed by atoms with Gasteiger partial charge in [0.25, 0.3) is 0 Å². The number of rotatable bonds is 2. The molecule has 2 heteroatoms. The van der Waals surface area contributed by atoms with E-state index in [4.69, 9.17) is 23.2 Å². The number of halogens is 2. The summed E-state index contributed by atoms with van der Waals surface area (Å²) in [6.07, 6.45) is 6.13. The van der Waals surface area contributed by atoms with E-state index in [1.165, 1.54) is 0 Å². The molecule has 0 nitrogen and oxygen atoms in total. The topological polar surface area (TPSA) is 0 Å². The first kappa shape index (κ1) is 12.1. The maximum absolute atomic E-state index is 6.01. The van der Waals surface area contributed by atoms with Crippen LogP contribution in [0.4, 0.5) is 0 Å². The molecular weight excluding hydrogens is 191 g/mol. The van der Waals surface area contributed by atoms with E-state index in [2.05, 4.69) is 13.0 Å². The maximum Gasteiger partial charge on any atom is 0.0409 e. The van der Waals surface area contributed by atoms with Crippen LogP contribution >= 0.6 is 23.2 Å². The van der Waals surface area contributed by atoms with Crippen molar-refractivity contribution >= 4 is 23.2 Å². The average molecular weight is 207 g/mol. The predicted octanol–water partition coefficient (Wildman–Crippen LogP) is 4.83. The van der Waals surface area contributed by atoms with Gasteiger partial charge < -0.3 is 0 Å². The van der Waals surface area contributed by atoms with E-state index in [1.54, 1.807) is 0 Å². The Bertz CT molecular complexity index is 202. The number of hydrogen-bond donors (Lipinski definition) is 0. The van der Waals surface area contributed by atoms with Gasteiger partial charge in [0.2, 0.25) is 0 Å². The first-order valence-electron chi connectivity index (χ1n) is 3.99. The predicted molar refractivity (Wildman–Crippen MR) is 57.7 cm³/mol. The highest BCUT2D eigenvalue weighted by Crippen LogP contribution is 2.32. The fraction of sp³-hybridized carbons (Fsp3) is 0.600. The molecule has 0 unspecified atom stereocenters. The molecule has 0 aromatic carbocycles. The molecule has 0 fully saturated rings. The Kier molecular flexibility index (Phi) is 5.69. The van der Waals surface area contributed by atoms with E-state index in [-0.39, 0.29) is 7.43 Å². The van der Waals surface area contributed by atoms with Gasteiger partial charge in [-0.15, -0.1) is 0 Å². The normalized spacial score (nSPS) is 17.1. The van der Waals surface area contributed by atoms with Crippen molar-refractivity contribution in [2.75, 3.05) is 0 Å². The van der Waals surface area contributed by atoms with E-state index in [0.29, 0.717) is 0 Å². The second kappa shape index (κ2) is 5.66. The molecular formula is C10H16Cl2. The molecule has 0 spiro atoms. The molecule has 0 atom stereocenters. The molecule has 0 saturated carbocycles. The average Bonchev–Trinajstić information content (AvgIpc) is 1.97. The molecule has 0 radical (unpaired) electrons. The summed E-state index contributed by atoms with van der Waals surface area (Å²) in [7, 11) is 0. The van der Waals surface area contributed by atoms with Crippen LogP contribution in [0.2, 0.25) is 0 Å². The van der Waals surface area contributed by atoms with Crippen LogP contribution in [0.3, 0.4) is 0 Å². The molecule has 0 aliphatic heterocycles. The molecule has 0 saturated heterocycles. The summed E-state index contributed by atoms with van der Waals surface area (Å²) >= 11 is 12.0. The second-order valence-electron chi connectivity index (χ2n) is 2.72. The van der Waals surface area contributed by atoms with Crippen LogP contribution in [0.1, 0.15) is 40.0 Å². The zero-order valence-electron chi connectivity index (χ0n) is 6.66. The second-order valence-corrected chi connectivity index (χ2v) is 3.59. The van der Waals surface area contributed by atoms with Crippen molar-refractivity contribution in [3.63, 3.8) is 0 Å². The lowest BCUT2D eigenvalue weighted by Crippen LogP contribution is -1.93. The first-order chi connectivity index (χ1) is 5.25. The number of allylic oxidation sites excluding steroid dienone is 4. The van der Waals surface area contributed by atoms with E-state index >= 15 is 0 Å². The van der Waals surface area contributed by atoms with Gasteiger partial charge in [0.15, 0.2) is 0 Å². The first-order valence-corrected chi connectivity index (χ1v) is 4.75. The van der Waals surface area contributed by atoms with Crippen molar-refractivity contribution < 1.29 is 0 Å². The Hall–Kier alpha value is 0.0600. The Morgan fingerprint density at radius 2 is 2.08 bits per heavy atom. The zero-order valence-corrected chi connectivity index (χ0v) is 8.17. The molecule has 0 heterocycles. The Labute approximate surface area is 85.3 Å². The van der Waals surface area contributed by atoms with Crippen molar-refractivity contribution in [2.24, 2.45) is 0 Å². The highest BCUT2D eigenvalue weighted by molar-refractivity contribution is 6.35. The summed E-state index contributed by atoms with van der Waals surface area (Å²) in [6.45, 7) is 2.13. The van der Waals surface area contributed by atoms with Gasteiger partial charge in [-0.2, -0.15) is 0 Å². The van der Waals surface area contributed by atoms with Crippen molar-refractivity contribution in [2.45, 2.75) is 40.0 Å². The Morgan fingerprint density at radius 1 is 1.42 bits per heavy atom. The van der Waals surface area contributed by atoms with Crippen LogP contribution in [-0.2, 0) is 0 Å². The molecule has 12 heavy (non-hydrogen) atoms. The van der Waals surface area contributed by atoms with Crippen LogP contribution < -0.4 is 0 Å². The Morgan fingerprint density at radius 3 is 2.58 bits per heavy atom. The van der Waals surface area contributed by atoms with Gasteiger partial charge in [-0.3, -0.25) is 0 Å². The molecule has 0 amide bonds. The van der Waals surface area contributed by atoms with Crippen molar-refractivity contribution in [1.82, 2.24) is 0 Å². The van der Waals surface area contributed by atoms with Gasteiger partial charge in [0.1, 0.15) is 0 Å².